The second kappa shape index (κ2) is 7.15. The van der Waals surface area contributed by atoms with Crippen molar-refractivity contribution in [2.24, 2.45) is 0 Å². The average molecular weight is 398 g/mol. The van der Waals surface area contributed by atoms with Gasteiger partial charge in [-0.15, -0.1) is 0 Å². The smallest absolute Gasteiger partial charge is 0.241 e. The Bertz CT molecular complexity index is 1170. The fraction of sp³-hybridized carbons (Fsp3) is 0.0500. The largest absolute Gasteiger partial charge is 0.361 e. The number of hydrogen-bond acceptors (Lipinski definition) is 3. The molecule has 0 aliphatic carbocycles. The summed E-state index contributed by atoms with van der Waals surface area (Å²) in [5.74, 6) is 0. The molecule has 5 nitrogen and oxygen atoms in total. The minimum absolute atomic E-state index is 0.153. The van der Waals surface area contributed by atoms with Gasteiger partial charge in [-0.3, -0.25) is 4.98 Å². The van der Waals surface area contributed by atoms with E-state index in [9.17, 15) is 8.42 Å². The van der Waals surface area contributed by atoms with Gasteiger partial charge in [0.05, 0.1) is 10.9 Å². The van der Waals surface area contributed by atoms with E-state index < -0.39 is 16.1 Å². The Labute approximate surface area is 162 Å². The molecule has 0 radical (unpaired) electrons. The molecule has 7 heteroatoms. The molecule has 0 saturated carbocycles. The summed E-state index contributed by atoms with van der Waals surface area (Å²) < 4.78 is 28.8. The topological polar surface area (TPSA) is 74.8 Å². The van der Waals surface area contributed by atoms with Gasteiger partial charge in [0.15, 0.2) is 0 Å². The highest BCUT2D eigenvalue weighted by molar-refractivity contribution is 7.89. The van der Waals surface area contributed by atoms with Crippen molar-refractivity contribution in [1.29, 1.82) is 0 Å². The van der Waals surface area contributed by atoms with Gasteiger partial charge in [-0.25, -0.2) is 8.42 Å². The molecule has 0 bridgehead atoms. The minimum Gasteiger partial charge on any atom is -0.361 e. The number of pyridine rings is 1. The molecule has 2 aromatic heterocycles. The number of H-pyrrole nitrogens is 1. The fourth-order valence-electron chi connectivity index (χ4n) is 3.03. The van der Waals surface area contributed by atoms with Gasteiger partial charge in [0.25, 0.3) is 0 Å². The third kappa shape index (κ3) is 3.60. The lowest BCUT2D eigenvalue weighted by molar-refractivity contribution is 0.572. The third-order valence-corrected chi connectivity index (χ3v) is 6.04. The normalized spacial score (nSPS) is 12.9. The van der Waals surface area contributed by atoms with E-state index >= 15 is 0 Å². The van der Waals surface area contributed by atoms with Gasteiger partial charge in [0.2, 0.25) is 10.0 Å². The van der Waals surface area contributed by atoms with Crippen LogP contribution in [0, 0.1) is 0 Å². The van der Waals surface area contributed by atoms with Gasteiger partial charge in [-0.1, -0.05) is 35.9 Å². The number of sulfonamides is 1. The highest BCUT2D eigenvalue weighted by Gasteiger charge is 2.25. The molecule has 0 saturated heterocycles. The molecule has 0 amide bonds. The van der Waals surface area contributed by atoms with Crippen LogP contribution < -0.4 is 4.72 Å². The molecule has 1 atom stereocenters. The summed E-state index contributed by atoms with van der Waals surface area (Å²) in [4.78, 5) is 7.50. The van der Waals surface area contributed by atoms with Crippen molar-refractivity contribution in [3.05, 3.63) is 95.4 Å². The second-order valence-electron chi connectivity index (χ2n) is 6.08. The van der Waals surface area contributed by atoms with Crippen LogP contribution in [-0.2, 0) is 10.0 Å². The first-order chi connectivity index (χ1) is 13.0. The number of hydrogen-bond donors (Lipinski definition) is 2. The highest BCUT2D eigenvalue weighted by atomic mass is 35.5. The fourth-order valence-corrected chi connectivity index (χ4v) is 4.36. The summed E-state index contributed by atoms with van der Waals surface area (Å²) in [6.07, 6.45) is 5.15. The summed E-state index contributed by atoms with van der Waals surface area (Å²) >= 11 is 5.88. The number of fused-ring (bicyclic) bond motifs is 1. The maximum atomic E-state index is 13.0. The van der Waals surface area contributed by atoms with Crippen molar-refractivity contribution in [2.75, 3.05) is 0 Å². The van der Waals surface area contributed by atoms with Crippen molar-refractivity contribution in [3.8, 4) is 0 Å². The molecular weight excluding hydrogens is 382 g/mol. The molecule has 2 aromatic carbocycles. The SMILES string of the molecule is O=S(=O)(N[C@H](c1cccnc1)c1c[nH]c2ccccc12)c1ccc(Cl)cc1. The lowest BCUT2D eigenvalue weighted by Gasteiger charge is -2.19. The Balaban J connectivity index is 1.81. The van der Waals surface area contributed by atoms with E-state index in [0.29, 0.717) is 5.02 Å². The van der Waals surface area contributed by atoms with Gasteiger partial charge >= 0.3 is 0 Å². The van der Waals surface area contributed by atoms with Crippen LogP contribution >= 0.6 is 11.6 Å². The van der Waals surface area contributed by atoms with Crippen LogP contribution in [0.3, 0.4) is 0 Å². The first-order valence-electron chi connectivity index (χ1n) is 8.28. The molecule has 4 aromatic rings. The van der Waals surface area contributed by atoms with Crippen molar-refractivity contribution in [1.82, 2.24) is 14.7 Å². The molecule has 27 heavy (non-hydrogen) atoms. The van der Waals surface area contributed by atoms with E-state index in [0.717, 1.165) is 22.0 Å². The summed E-state index contributed by atoms with van der Waals surface area (Å²) in [6.45, 7) is 0. The van der Waals surface area contributed by atoms with Crippen molar-refractivity contribution >= 4 is 32.5 Å². The Morgan fingerprint density at radius 1 is 1.00 bits per heavy atom. The first kappa shape index (κ1) is 17.7. The Morgan fingerprint density at radius 2 is 1.78 bits per heavy atom. The number of halogens is 1. The van der Waals surface area contributed by atoms with Crippen LogP contribution in [0.4, 0.5) is 0 Å². The van der Waals surface area contributed by atoms with Gasteiger partial charge in [-0.05, 0) is 47.5 Å². The molecule has 136 valence electrons. The summed E-state index contributed by atoms with van der Waals surface area (Å²) in [5, 5.41) is 1.43. The maximum absolute atomic E-state index is 13.0. The number of aromatic amines is 1. The van der Waals surface area contributed by atoms with Crippen LogP contribution in [0.25, 0.3) is 10.9 Å². The highest BCUT2D eigenvalue weighted by Crippen LogP contribution is 2.30. The first-order valence-corrected chi connectivity index (χ1v) is 10.1. The summed E-state index contributed by atoms with van der Waals surface area (Å²) in [5.41, 5.74) is 2.52. The summed E-state index contributed by atoms with van der Waals surface area (Å²) in [6, 6.07) is 16.9. The second-order valence-corrected chi connectivity index (χ2v) is 8.23. The lowest BCUT2D eigenvalue weighted by atomic mass is 10.0. The van der Waals surface area contributed by atoms with Crippen LogP contribution in [-0.4, -0.2) is 18.4 Å². The number of nitrogens with zero attached hydrogens (tertiary/aromatic N) is 1. The Kier molecular flexibility index (Phi) is 4.70. The standard InChI is InChI=1S/C20H16ClN3O2S/c21-15-7-9-16(10-8-15)27(25,26)24-20(14-4-3-11-22-12-14)18-13-23-19-6-2-1-5-17(18)19/h1-13,20,23-24H/t20-/m1/s1. The Morgan fingerprint density at radius 3 is 2.52 bits per heavy atom. The van der Waals surface area contributed by atoms with Gasteiger partial charge < -0.3 is 4.98 Å². The van der Waals surface area contributed by atoms with Gasteiger partial charge in [-0.2, -0.15) is 4.72 Å². The monoisotopic (exact) mass is 397 g/mol. The molecular formula is C20H16ClN3O2S. The number of aromatic nitrogens is 2. The van der Waals surface area contributed by atoms with E-state index in [1.165, 1.54) is 12.1 Å². The zero-order valence-corrected chi connectivity index (χ0v) is 15.7. The molecule has 0 aliphatic rings. The number of rotatable bonds is 5. The quantitative estimate of drug-likeness (QED) is 0.527. The third-order valence-electron chi connectivity index (χ3n) is 4.35. The van der Waals surface area contributed by atoms with Gasteiger partial charge in [0, 0.05) is 34.5 Å². The number of para-hydroxylation sites is 1. The molecule has 0 fully saturated rings. The van der Waals surface area contributed by atoms with Crippen molar-refractivity contribution < 1.29 is 8.42 Å². The van der Waals surface area contributed by atoms with E-state index in [1.807, 2.05) is 36.5 Å². The maximum Gasteiger partial charge on any atom is 0.241 e. The van der Waals surface area contributed by atoms with Gasteiger partial charge in [0.1, 0.15) is 0 Å². The molecule has 0 spiro atoms. The predicted molar refractivity (Wildman–Crippen MR) is 106 cm³/mol. The average Bonchev–Trinajstić information content (AvgIpc) is 3.11. The molecule has 2 N–H and O–H groups in total. The van der Waals surface area contributed by atoms with Crippen LogP contribution in [0.2, 0.25) is 5.02 Å². The van der Waals surface area contributed by atoms with Crippen LogP contribution in [0.5, 0.6) is 0 Å². The zero-order chi connectivity index (χ0) is 18.9. The van der Waals surface area contributed by atoms with Crippen molar-refractivity contribution in [3.63, 3.8) is 0 Å². The van der Waals surface area contributed by atoms with E-state index in [-0.39, 0.29) is 4.90 Å². The van der Waals surface area contributed by atoms with Crippen molar-refractivity contribution in [2.45, 2.75) is 10.9 Å². The Hall–Kier alpha value is -2.67. The zero-order valence-electron chi connectivity index (χ0n) is 14.1. The molecule has 0 unspecified atom stereocenters. The summed E-state index contributed by atoms with van der Waals surface area (Å²) in [7, 11) is -3.77. The lowest BCUT2D eigenvalue weighted by Crippen LogP contribution is -2.29. The molecule has 2 heterocycles. The van der Waals surface area contributed by atoms with E-state index in [2.05, 4.69) is 14.7 Å². The predicted octanol–water partition coefficient (Wildman–Crippen LogP) is 4.28. The number of nitrogens with one attached hydrogen (secondary N) is 2. The molecule has 0 aliphatic heterocycles. The molecule has 4 rings (SSSR count). The minimum atomic E-state index is -3.77. The number of benzene rings is 2. The van der Waals surface area contributed by atoms with E-state index in [1.54, 1.807) is 30.6 Å². The van der Waals surface area contributed by atoms with Crippen LogP contribution in [0.1, 0.15) is 17.2 Å². The van der Waals surface area contributed by atoms with E-state index in [4.69, 9.17) is 11.6 Å². The van der Waals surface area contributed by atoms with Crippen LogP contribution in [0.15, 0.2) is 84.1 Å².